The van der Waals surface area contributed by atoms with Crippen LogP contribution in [0.5, 0.6) is 0 Å². The normalized spacial score (nSPS) is 16.8. The fraction of sp³-hybridized carbons (Fsp3) is 0.381. The van der Waals surface area contributed by atoms with Gasteiger partial charge in [-0.05, 0) is 55.4 Å². The van der Waals surface area contributed by atoms with Crippen molar-refractivity contribution in [3.8, 4) is 11.1 Å². The van der Waals surface area contributed by atoms with E-state index in [0.717, 1.165) is 5.56 Å². The first-order valence-corrected chi connectivity index (χ1v) is 8.48. The average Bonchev–Trinajstić information content (AvgIpc) is 2.57. The Kier molecular flexibility index (Phi) is 4.72. The highest BCUT2D eigenvalue weighted by Gasteiger charge is 2.40. The molecule has 0 aliphatic carbocycles. The molecule has 24 heavy (non-hydrogen) atoms. The van der Waals surface area contributed by atoms with Gasteiger partial charge in [-0.3, -0.25) is 4.79 Å². The van der Waals surface area contributed by atoms with Crippen LogP contribution in [0.2, 0.25) is 0 Å². The predicted molar refractivity (Wildman–Crippen MR) is 95.2 cm³/mol. The van der Waals surface area contributed by atoms with Crippen molar-refractivity contribution in [1.82, 2.24) is 0 Å². The first-order valence-electron chi connectivity index (χ1n) is 8.48. The van der Waals surface area contributed by atoms with Gasteiger partial charge in [-0.2, -0.15) is 0 Å². The Morgan fingerprint density at radius 1 is 1.08 bits per heavy atom. The van der Waals surface area contributed by atoms with E-state index in [4.69, 9.17) is 4.74 Å². The second-order valence-electron chi connectivity index (χ2n) is 6.89. The lowest BCUT2D eigenvalue weighted by atomic mass is 9.75. The van der Waals surface area contributed by atoms with E-state index < -0.39 is 11.4 Å². The molecule has 0 atom stereocenters. The zero-order valence-corrected chi connectivity index (χ0v) is 14.3. The fourth-order valence-corrected chi connectivity index (χ4v) is 3.56. The lowest BCUT2D eigenvalue weighted by Crippen LogP contribution is -2.39. The van der Waals surface area contributed by atoms with Crippen LogP contribution < -0.4 is 0 Å². The number of aliphatic carboxylic acids is 1. The lowest BCUT2D eigenvalue weighted by molar-refractivity contribution is -0.154. The molecule has 3 rings (SSSR count). The molecule has 126 valence electrons. The topological polar surface area (TPSA) is 46.5 Å². The highest BCUT2D eigenvalue weighted by atomic mass is 16.5. The number of hydrogen-bond donors (Lipinski definition) is 1. The molecule has 0 unspecified atom stereocenters. The van der Waals surface area contributed by atoms with Gasteiger partial charge in [0.2, 0.25) is 0 Å². The molecule has 2 aromatic rings. The van der Waals surface area contributed by atoms with Crippen LogP contribution in [0.3, 0.4) is 0 Å². The van der Waals surface area contributed by atoms with Crippen LogP contribution in [0.4, 0.5) is 0 Å². The molecule has 0 saturated carbocycles. The van der Waals surface area contributed by atoms with E-state index in [1.165, 1.54) is 22.3 Å². The lowest BCUT2D eigenvalue weighted by Gasteiger charge is -2.33. The van der Waals surface area contributed by atoms with Crippen molar-refractivity contribution in [2.45, 2.75) is 33.1 Å². The Morgan fingerprint density at radius 2 is 1.75 bits per heavy atom. The molecule has 0 spiro atoms. The summed E-state index contributed by atoms with van der Waals surface area (Å²) in [6, 6.07) is 14.8. The third-order valence-corrected chi connectivity index (χ3v) is 5.09. The van der Waals surface area contributed by atoms with Crippen molar-refractivity contribution in [1.29, 1.82) is 0 Å². The standard InChI is InChI=1S/C21H24O3/c1-15-3-8-19(16(2)13-15)18-6-4-17(5-7-18)14-21(20(22)23)9-11-24-12-10-21/h3-8,13H,9-12,14H2,1-2H3,(H,22,23). The van der Waals surface area contributed by atoms with Gasteiger partial charge in [-0.1, -0.05) is 48.0 Å². The first kappa shape index (κ1) is 16.7. The quantitative estimate of drug-likeness (QED) is 0.907. The number of carboxylic acids is 1. The number of rotatable bonds is 4. The van der Waals surface area contributed by atoms with Gasteiger partial charge in [-0.15, -0.1) is 0 Å². The molecule has 0 amide bonds. The number of hydrogen-bond acceptors (Lipinski definition) is 2. The first-order chi connectivity index (χ1) is 11.5. The third-order valence-electron chi connectivity index (χ3n) is 5.09. The number of ether oxygens (including phenoxy) is 1. The fourth-order valence-electron chi connectivity index (χ4n) is 3.56. The highest BCUT2D eigenvalue weighted by Crippen LogP contribution is 2.35. The third kappa shape index (κ3) is 3.36. The Hall–Kier alpha value is -2.13. The summed E-state index contributed by atoms with van der Waals surface area (Å²) < 4.78 is 5.35. The van der Waals surface area contributed by atoms with Crippen LogP contribution in [0.15, 0.2) is 42.5 Å². The molecule has 2 aromatic carbocycles. The molecule has 1 heterocycles. The molecule has 1 saturated heterocycles. The van der Waals surface area contributed by atoms with E-state index in [-0.39, 0.29) is 0 Å². The largest absolute Gasteiger partial charge is 0.481 e. The van der Waals surface area contributed by atoms with Crippen LogP contribution in [0, 0.1) is 19.3 Å². The maximum Gasteiger partial charge on any atom is 0.310 e. The summed E-state index contributed by atoms with van der Waals surface area (Å²) in [5, 5.41) is 9.69. The molecule has 1 aliphatic rings. The number of benzene rings is 2. The molecule has 0 aromatic heterocycles. The molecular weight excluding hydrogens is 300 g/mol. The minimum Gasteiger partial charge on any atom is -0.481 e. The van der Waals surface area contributed by atoms with Gasteiger partial charge in [0.1, 0.15) is 0 Å². The van der Waals surface area contributed by atoms with Gasteiger partial charge in [0, 0.05) is 13.2 Å². The minimum atomic E-state index is -0.704. The number of aryl methyl sites for hydroxylation is 2. The molecule has 3 nitrogen and oxygen atoms in total. The van der Waals surface area contributed by atoms with Crippen molar-refractivity contribution in [2.75, 3.05) is 13.2 Å². The molecule has 1 aliphatic heterocycles. The van der Waals surface area contributed by atoms with Crippen LogP contribution in [-0.2, 0) is 16.0 Å². The van der Waals surface area contributed by atoms with Crippen molar-refractivity contribution in [3.63, 3.8) is 0 Å². The average molecular weight is 324 g/mol. The Morgan fingerprint density at radius 3 is 2.33 bits per heavy atom. The van der Waals surface area contributed by atoms with E-state index in [9.17, 15) is 9.90 Å². The molecule has 1 N–H and O–H groups in total. The van der Waals surface area contributed by atoms with Gasteiger partial charge in [0.05, 0.1) is 5.41 Å². The zero-order chi connectivity index (χ0) is 17.2. The van der Waals surface area contributed by atoms with Crippen molar-refractivity contribution >= 4 is 5.97 Å². The van der Waals surface area contributed by atoms with Gasteiger partial charge in [-0.25, -0.2) is 0 Å². The summed E-state index contributed by atoms with van der Waals surface area (Å²) >= 11 is 0. The summed E-state index contributed by atoms with van der Waals surface area (Å²) in [7, 11) is 0. The molecule has 0 bridgehead atoms. The van der Waals surface area contributed by atoms with Crippen LogP contribution in [0.25, 0.3) is 11.1 Å². The molecular formula is C21H24O3. The SMILES string of the molecule is Cc1ccc(-c2ccc(CC3(C(=O)O)CCOCC3)cc2)c(C)c1. The highest BCUT2D eigenvalue weighted by molar-refractivity contribution is 5.75. The Labute approximate surface area is 143 Å². The maximum atomic E-state index is 11.8. The smallest absolute Gasteiger partial charge is 0.310 e. The van der Waals surface area contributed by atoms with E-state index >= 15 is 0 Å². The van der Waals surface area contributed by atoms with Crippen molar-refractivity contribution < 1.29 is 14.6 Å². The molecule has 1 fully saturated rings. The van der Waals surface area contributed by atoms with Gasteiger partial charge < -0.3 is 9.84 Å². The van der Waals surface area contributed by atoms with E-state index in [1.807, 2.05) is 0 Å². The monoisotopic (exact) mass is 324 g/mol. The summed E-state index contributed by atoms with van der Waals surface area (Å²) in [6.07, 6.45) is 1.74. The number of carboxylic acid groups (broad SMARTS) is 1. The second kappa shape index (κ2) is 6.78. The van der Waals surface area contributed by atoms with E-state index in [1.54, 1.807) is 0 Å². The van der Waals surface area contributed by atoms with Gasteiger partial charge in [0.25, 0.3) is 0 Å². The predicted octanol–water partition coefficient (Wildman–Crippen LogP) is 4.39. The van der Waals surface area contributed by atoms with Gasteiger partial charge >= 0.3 is 5.97 Å². The number of carbonyl (C=O) groups is 1. The molecule has 3 heteroatoms. The second-order valence-corrected chi connectivity index (χ2v) is 6.89. The summed E-state index contributed by atoms with van der Waals surface area (Å²) in [6.45, 7) is 5.29. The van der Waals surface area contributed by atoms with Crippen LogP contribution >= 0.6 is 0 Å². The van der Waals surface area contributed by atoms with Crippen molar-refractivity contribution in [2.24, 2.45) is 5.41 Å². The van der Waals surface area contributed by atoms with Crippen molar-refractivity contribution in [3.05, 3.63) is 59.2 Å². The van der Waals surface area contributed by atoms with E-state index in [2.05, 4.69) is 56.3 Å². The van der Waals surface area contributed by atoms with E-state index in [0.29, 0.717) is 32.5 Å². The van der Waals surface area contributed by atoms with Crippen LogP contribution in [0.1, 0.15) is 29.5 Å². The molecule has 0 radical (unpaired) electrons. The summed E-state index contributed by atoms with van der Waals surface area (Å²) in [5.74, 6) is -0.704. The minimum absolute atomic E-state index is 0.535. The summed E-state index contributed by atoms with van der Waals surface area (Å²) in [4.78, 5) is 11.8. The maximum absolute atomic E-state index is 11.8. The summed E-state index contributed by atoms with van der Waals surface area (Å²) in [5.41, 5.74) is 5.32. The Bertz CT molecular complexity index is 725. The van der Waals surface area contributed by atoms with Gasteiger partial charge in [0.15, 0.2) is 0 Å². The Balaban J connectivity index is 1.82. The van der Waals surface area contributed by atoms with Crippen LogP contribution in [-0.4, -0.2) is 24.3 Å². The zero-order valence-electron chi connectivity index (χ0n) is 14.3.